The third kappa shape index (κ3) is 58.5. The van der Waals surface area contributed by atoms with Gasteiger partial charge in [0.15, 0.2) is 6.10 Å². The SMILES string of the molecule is CC/C=C\C/C=C\C/C=C\C/C=C\C/C=C\CCCC(=O)OC(COC(=O)CCCCCCCCCCC/C=C\C/C=C\CCCCC)COP(=O)(O)OCC(CO)OC(=O)CCCCCCCCC/C=C\C/C=C\C/C=C\CC. The molecule has 0 aliphatic heterocycles. The van der Waals surface area contributed by atoms with E-state index in [0.29, 0.717) is 25.7 Å². The molecule has 0 rings (SSSR count). The number of esters is 3. The first-order chi connectivity index (χ1) is 39.2. The van der Waals surface area contributed by atoms with Gasteiger partial charge in [0.05, 0.1) is 19.8 Å². The molecule has 0 aromatic rings. The number of carbonyl (C=O) groups is 3. The molecule has 0 spiro atoms. The van der Waals surface area contributed by atoms with Crippen molar-refractivity contribution in [2.45, 2.75) is 264 Å². The second-order valence-corrected chi connectivity index (χ2v) is 21.9. The van der Waals surface area contributed by atoms with Crippen molar-refractivity contribution >= 4 is 25.7 Å². The van der Waals surface area contributed by atoms with Gasteiger partial charge in [0, 0.05) is 19.3 Å². The highest BCUT2D eigenvalue weighted by atomic mass is 31.2. The molecular formula is C68H113O11P. The number of hydrogen-bond acceptors (Lipinski definition) is 10. The van der Waals surface area contributed by atoms with Crippen LogP contribution in [0.15, 0.2) is 122 Å². The van der Waals surface area contributed by atoms with Crippen LogP contribution in [0.1, 0.15) is 252 Å². The van der Waals surface area contributed by atoms with Crippen LogP contribution in [0.4, 0.5) is 0 Å². The molecule has 0 bridgehead atoms. The highest BCUT2D eigenvalue weighted by Crippen LogP contribution is 2.43. The van der Waals surface area contributed by atoms with Crippen LogP contribution in [-0.2, 0) is 42.2 Å². The number of allylic oxidation sites excluding steroid dienone is 20. The van der Waals surface area contributed by atoms with Gasteiger partial charge in [0.1, 0.15) is 12.7 Å². The highest BCUT2D eigenvalue weighted by molar-refractivity contribution is 7.47. The van der Waals surface area contributed by atoms with Gasteiger partial charge < -0.3 is 24.2 Å². The average molecular weight is 1140 g/mol. The molecule has 0 aliphatic rings. The summed E-state index contributed by atoms with van der Waals surface area (Å²) in [4.78, 5) is 48.7. The van der Waals surface area contributed by atoms with Crippen LogP contribution < -0.4 is 0 Å². The zero-order valence-corrected chi connectivity index (χ0v) is 51.4. The molecule has 0 heterocycles. The van der Waals surface area contributed by atoms with Crippen molar-refractivity contribution in [3.63, 3.8) is 0 Å². The van der Waals surface area contributed by atoms with Crippen LogP contribution in [0.5, 0.6) is 0 Å². The Bertz CT molecular complexity index is 1800. The Morgan fingerprint density at radius 1 is 0.362 bits per heavy atom. The fraction of sp³-hybridized carbons (Fsp3) is 0.662. The Morgan fingerprint density at radius 2 is 0.662 bits per heavy atom. The molecule has 0 saturated heterocycles. The Morgan fingerprint density at radius 3 is 1.05 bits per heavy atom. The summed E-state index contributed by atoms with van der Waals surface area (Å²) < 4.78 is 39.6. The summed E-state index contributed by atoms with van der Waals surface area (Å²) in [5.41, 5.74) is 0. The zero-order valence-electron chi connectivity index (χ0n) is 50.5. The number of ether oxygens (including phenoxy) is 3. The van der Waals surface area contributed by atoms with E-state index in [2.05, 4.69) is 130 Å². The van der Waals surface area contributed by atoms with Crippen LogP contribution in [-0.4, -0.2) is 66.5 Å². The Balaban J connectivity index is 4.79. The maximum Gasteiger partial charge on any atom is 0.472 e. The lowest BCUT2D eigenvalue weighted by Gasteiger charge is -2.21. The molecular weight excluding hydrogens is 1020 g/mol. The second-order valence-electron chi connectivity index (χ2n) is 20.5. The van der Waals surface area contributed by atoms with E-state index in [-0.39, 0.29) is 25.9 Å². The van der Waals surface area contributed by atoms with Gasteiger partial charge in [0.25, 0.3) is 0 Å². The van der Waals surface area contributed by atoms with E-state index in [1.54, 1.807) is 0 Å². The number of carbonyl (C=O) groups excluding carboxylic acids is 3. The number of aliphatic hydroxyl groups excluding tert-OH is 1. The Labute approximate surface area is 487 Å². The number of unbranched alkanes of at least 4 members (excludes halogenated alkanes) is 20. The van der Waals surface area contributed by atoms with E-state index in [1.807, 2.05) is 12.2 Å². The zero-order chi connectivity index (χ0) is 58.3. The summed E-state index contributed by atoms with van der Waals surface area (Å²) in [6.45, 7) is 4.33. The largest absolute Gasteiger partial charge is 0.472 e. The molecule has 0 aliphatic carbocycles. The topological polar surface area (TPSA) is 155 Å². The van der Waals surface area contributed by atoms with Gasteiger partial charge in [-0.25, -0.2) is 4.57 Å². The van der Waals surface area contributed by atoms with E-state index in [9.17, 15) is 28.9 Å². The lowest BCUT2D eigenvalue weighted by atomic mass is 10.1. The summed E-state index contributed by atoms with van der Waals surface area (Å²) in [7, 11) is -4.78. The molecule has 3 atom stereocenters. The first kappa shape index (κ1) is 75.9. The van der Waals surface area contributed by atoms with E-state index < -0.39 is 57.8 Å². The van der Waals surface area contributed by atoms with Gasteiger partial charge in [-0.05, 0) is 122 Å². The molecule has 0 aromatic carbocycles. The number of hydrogen-bond donors (Lipinski definition) is 2. The van der Waals surface area contributed by atoms with E-state index >= 15 is 0 Å². The van der Waals surface area contributed by atoms with Gasteiger partial charge in [-0.15, -0.1) is 0 Å². The molecule has 0 aromatic heterocycles. The maximum atomic E-state index is 12.9. The Kier molecular flexibility index (Phi) is 57.8. The lowest BCUT2D eigenvalue weighted by Crippen LogP contribution is -2.30. The smallest absolute Gasteiger partial charge is 0.462 e. The highest BCUT2D eigenvalue weighted by Gasteiger charge is 2.28. The fourth-order valence-electron chi connectivity index (χ4n) is 8.14. The number of phosphoric acid groups is 1. The van der Waals surface area contributed by atoms with Crippen molar-refractivity contribution in [3.05, 3.63) is 122 Å². The summed E-state index contributed by atoms with van der Waals surface area (Å²) in [6.07, 6.45) is 75.8. The molecule has 456 valence electrons. The minimum atomic E-state index is -4.78. The van der Waals surface area contributed by atoms with Gasteiger partial charge in [0.2, 0.25) is 0 Å². The van der Waals surface area contributed by atoms with Crippen molar-refractivity contribution in [1.82, 2.24) is 0 Å². The molecule has 80 heavy (non-hydrogen) atoms. The van der Waals surface area contributed by atoms with Crippen molar-refractivity contribution in [2.24, 2.45) is 0 Å². The number of rotatable bonds is 57. The summed E-state index contributed by atoms with van der Waals surface area (Å²) in [6, 6.07) is 0. The molecule has 0 radical (unpaired) electrons. The van der Waals surface area contributed by atoms with Crippen LogP contribution >= 0.6 is 7.82 Å². The van der Waals surface area contributed by atoms with E-state index in [0.717, 1.165) is 122 Å². The first-order valence-corrected chi connectivity index (χ1v) is 32.9. The average Bonchev–Trinajstić information content (AvgIpc) is 3.45. The standard InChI is InChI=1S/C68H113O11P/c1-4-7-10-13-16-19-22-25-28-31-32-35-36-39-42-45-48-51-54-57-66(70)75-61-65(79-68(72)59-56-53-50-47-44-41-38-34-30-27-24-21-18-15-12-9-6-3)63-77-80(73,74)76-62-64(60-69)78-67(71)58-55-52-49-46-43-40-37-33-29-26-23-20-17-14-11-8-5-2/h8-9,11-12,16-21,25-30,38,41,47,50,64-65,69H,4-7,10,13-15,22-24,31-37,39-40,42-46,48-49,51-63H2,1-3H3,(H,73,74)/b11-8-,12-9-,19-16-,20-17-,21-18-,28-25-,29-26-,30-27-,41-38-,50-47-. The quantitative estimate of drug-likeness (QED) is 0.0197. The van der Waals surface area contributed by atoms with Gasteiger partial charge in [-0.1, -0.05) is 232 Å². The second kappa shape index (κ2) is 61.0. The molecule has 0 amide bonds. The monoisotopic (exact) mass is 1140 g/mol. The number of aliphatic hydroxyl groups is 1. The van der Waals surface area contributed by atoms with Crippen LogP contribution in [0.25, 0.3) is 0 Å². The van der Waals surface area contributed by atoms with Crippen molar-refractivity contribution in [1.29, 1.82) is 0 Å². The van der Waals surface area contributed by atoms with Gasteiger partial charge in [-0.3, -0.25) is 23.4 Å². The third-order valence-corrected chi connectivity index (χ3v) is 13.8. The summed E-state index contributed by atoms with van der Waals surface area (Å²) in [5.74, 6) is -1.56. The van der Waals surface area contributed by atoms with Crippen molar-refractivity contribution in [3.8, 4) is 0 Å². The molecule has 0 saturated carbocycles. The van der Waals surface area contributed by atoms with E-state index in [4.69, 9.17) is 23.3 Å². The Hall–Kier alpha value is -4.12. The van der Waals surface area contributed by atoms with E-state index in [1.165, 1.54) is 64.2 Å². The predicted molar refractivity (Wildman–Crippen MR) is 334 cm³/mol. The summed E-state index contributed by atoms with van der Waals surface area (Å²) in [5, 5.41) is 9.85. The maximum absolute atomic E-state index is 12.9. The third-order valence-electron chi connectivity index (χ3n) is 12.8. The van der Waals surface area contributed by atoms with Crippen LogP contribution in [0.2, 0.25) is 0 Å². The normalized spacial score (nSPS) is 14.1. The fourth-order valence-corrected chi connectivity index (χ4v) is 8.93. The molecule has 3 unspecified atom stereocenters. The molecule has 2 N–H and O–H groups in total. The molecule has 11 nitrogen and oxygen atoms in total. The molecule has 12 heteroatoms. The predicted octanol–water partition coefficient (Wildman–Crippen LogP) is 19.1. The minimum Gasteiger partial charge on any atom is -0.462 e. The minimum absolute atomic E-state index is 0.0823. The van der Waals surface area contributed by atoms with Crippen molar-refractivity contribution < 1.29 is 52.2 Å². The van der Waals surface area contributed by atoms with Crippen LogP contribution in [0.3, 0.4) is 0 Å². The number of phosphoric ester groups is 1. The first-order valence-electron chi connectivity index (χ1n) is 31.4. The lowest BCUT2D eigenvalue weighted by molar-refractivity contribution is -0.161. The van der Waals surface area contributed by atoms with Gasteiger partial charge in [-0.2, -0.15) is 0 Å². The summed E-state index contributed by atoms with van der Waals surface area (Å²) >= 11 is 0. The molecule has 0 fully saturated rings. The van der Waals surface area contributed by atoms with Crippen molar-refractivity contribution in [2.75, 3.05) is 26.4 Å². The van der Waals surface area contributed by atoms with Crippen LogP contribution in [0, 0.1) is 0 Å². The van der Waals surface area contributed by atoms with Gasteiger partial charge >= 0.3 is 25.7 Å².